The van der Waals surface area contributed by atoms with Crippen LogP contribution in [-0.2, 0) is 10.8 Å². The highest BCUT2D eigenvalue weighted by Gasteiger charge is 2.14. The minimum Gasteiger partial charge on any atom is -0.493 e. The zero-order chi connectivity index (χ0) is 18.7. The molecule has 1 unspecified atom stereocenters. The summed E-state index contributed by atoms with van der Waals surface area (Å²) < 4.78 is 42.1. The molecule has 6 nitrogen and oxygen atoms in total. The molecule has 3 rings (SSSR count). The molecule has 0 saturated heterocycles. The molecule has 0 aliphatic carbocycles. The van der Waals surface area contributed by atoms with E-state index in [1.165, 1.54) is 26.4 Å². The monoisotopic (exact) mass is 374 g/mol. The third-order valence-corrected chi connectivity index (χ3v) is 4.60. The Labute approximate surface area is 151 Å². The Bertz CT molecular complexity index is 1010. The molecule has 1 N–H and O–H groups in total. The van der Waals surface area contributed by atoms with E-state index >= 15 is 0 Å². The van der Waals surface area contributed by atoms with E-state index < -0.39 is 16.6 Å². The second-order valence-corrected chi connectivity index (χ2v) is 6.44. The van der Waals surface area contributed by atoms with E-state index in [1.54, 1.807) is 24.4 Å². The van der Waals surface area contributed by atoms with E-state index in [1.807, 2.05) is 0 Å². The fourth-order valence-corrected chi connectivity index (χ4v) is 2.97. The normalized spacial score (nSPS) is 11.8. The first kappa shape index (κ1) is 17.8. The number of rotatable bonds is 6. The van der Waals surface area contributed by atoms with Crippen LogP contribution in [0.25, 0.3) is 10.9 Å². The van der Waals surface area contributed by atoms with Gasteiger partial charge in [0.15, 0.2) is 23.1 Å². The van der Waals surface area contributed by atoms with Gasteiger partial charge in [-0.05, 0) is 30.3 Å². The summed E-state index contributed by atoms with van der Waals surface area (Å²) in [5.74, 6) is 0.696. The van der Waals surface area contributed by atoms with Crippen LogP contribution in [0.1, 0.15) is 0 Å². The Hall–Kier alpha value is -3.00. The van der Waals surface area contributed by atoms with Crippen molar-refractivity contribution in [1.29, 1.82) is 5.41 Å². The molecule has 8 heteroatoms. The minimum absolute atomic E-state index is 0.0296. The van der Waals surface area contributed by atoms with Gasteiger partial charge in [-0.2, -0.15) is 0 Å². The lowest BCUT2D eigenvalue weighted by molar-refractivity contribution is 0.355. The van der Waals surface area contributed by atoms with E-state index in [4.69, 9.17) is 19.6 Å². The van der Waals surface area contributed by atoms with Crippen molar-refractivity contribution in [1.82, 2.24) is 4.98 Å². The molecular weight excluding hydrogens is 359 g/mol. The van der Waals surface area contributed by atoms with Gasteiger partial charge in [-0.3, -0.25) is 10.4 Å². The second-order valence-electron chi connectivity index (χ2n) is 5.14. The molecule has 0 fully saturated rings. The Balaban J connectivity index is 2.04. The number of aromatic nitrogens is 1. The first-order chi connectivity index (χ1) is 12.6. The number of nitrogens with one attached hydrogen (secondary N) is 1. The molecule has 26 heavy (non-hydrogen) atoms. The Morgan fingerprint density at radius 2 is 1.77 bits per heavy atom. The van der Waals surface area contributed by atoms with Gasteiger partial charge < -0.3 is 14.2 Å². The summed E-state index contributed by atoms with van der Waals surface area (Å²) in [6, 6.07) is 8.92. The summed E-state index contributed by atoms with van der Waals surface area (Å²) in [6.07, 6.45) is 1.54. The smallest absolute Gasteiger partial charge is 0.166 e. The molecule has 0 bridgehead atoms. The lowest BCUT2D eigenvalue weighted by Gasteiger charge is -2.13. The van der Waals surface area contributed by atoms with Crippen molar-refractivity contribution < 1.29 is 22.8 Å². The molecule has 134 valence electrons. The van der Waals surface area contributed by atoms with Crippen LogP contribution >= 0.6 is 0 Å². The third kappa shape index (κ3) is 3.36. The number of halogens is 1. The molecule has 0 amide bonds. The van der Waals surface area contributed by atoms with Crippen LogP contribution in [0.15, 0.2) is 47.5 Å². The largest absolute Gasteiger partial charge is 0.493 e. The van der Waals surface area contributed by atoms with Crippen molar-refractivity contribution in [2.45, 2.75) is 4.90 Å². The van der Waals surface area contributed by atoms with Crippen LogP contribution in [0, 0.1) is 11.2 Å². The summed E-state index contributed by atoms with van der Waals surface area (Å²) in [7, 11) is 1.36. The quantitative estimate of drug-likeness (QED) is 0.523. The van der Waals surface area contributed by atoms with Crippen molar-refractivity contribution in [3.8, 4) is 23.0 Å². The molecule has 0 aliphatic heterocycles. The van der Waals surface area contributed by atoms with Crippen LogP contribution in [-0.4, -0.2) is 29.0 Å². The summed E-state index contributed by atoms with van der Waals surface area (Å²) in [6.45, 7) is 0. The zero-order valence-corrected chi connectivity index (χ0v) is 14.8. The number of nitrogens with zero attached hydrogens (tertiary/aromatic N) is 1. The van der Waals surface area contributed by atoms with Gasteiger partial charge >= 0.3 is 0 Å². The third-order valence-electron chi connectivity index (χ3n) is 3.67. The first-order valence-corrected chi connectivity index (χ1v) is 8.68. The average molecular weight is 374 g/mol. The molecule has 3 aromatic rings. The fraction of sp³-hybridized carbons (Fsp3) is 0.111. The first-order valence-electron chi connectivity index (χ1n) is 7.46. The molecular formula is C18H15FN2O4S. The molecule has 2 aromatic carbocycles. The van der Waals surface area contributed by atoms with E-state index in [-0.39, 0.29) is 10.6 Å². The molecule has 0 spiro atoms. The van der Waals surface area contributed by atoms with Crippen molar-refractivity contribution >= 4 is 27.2 Å². The topological polar surface area (TPSA) is 81.5 Å². The Morgan fingerprint density at radius 1 is 1.04 bits per heavy atom. The predicted molar refractivity (Wildman–Crippen MR) is 96.5 cm³/mol. The van der Waals surface area contributed by atoms with Gasteiger partial charge in [0.2, 0.25) is 0 Å². The van der Waals surface area contributed by atoms with Crippen molar-refractivity contribution in [3.63, 3.8) is 0 Å². The molecule has 0 radical (unpaired) electrons. The number of ether oxygens (including phenoxy) is 3. The van der Waals surface area contributed by atoms with Crippen LogP contribution in [0.2, 0.25) is 0 Å². The van der Waals surface area contributed by atoms with E-state index in [2.05, 4.69) is 4.98 Å². The summed E-state index contributed by atoms with van der Waals surface area (Å²) in [5, 5.41) is 7.63. The SMILES string of the molecule is COc1cc2nccc(Oc3ccc(S(=O)C=N)cc3F)c2cc1OC. The van der Waals surface area contributed by atoms with Crippen LogP contribution in [0.5, 0.6) is 23.0 Å². The van der Waals surface area contributed by atoms with Crippen molar-refractivity contribution in [2.24, 2.45) is 0 Å². The van der Waals surface area contributed by atoms with Gasteiger partial charge in [-0.1, -0.05) is 0 Å². The number of benzene rings is 2. The molecule has 1 atom stereocenters. The van der Waals surface area contributed by atoms with Gasteiger partial charge in [0, 0.05) is 22.5 Å². The second kappa shape index (κ2) is 7.49. The summed E-state index contributed by atoms with van der Waals surface area (Å²) >= 11 is 0. The standard InChI is InChI=1S/C18H15FN2O4S/c1-23-17-8-12-14(9-18(17)24-2)21-6-5-15(12)25-16-4-3-11(7-13(16)19)26(22)10-20/h3-10,20H,1-2H3. The minimum atomic E-state index is -1.68. The average Bonchev–Trinajstić information content (AvgIpc) is 2.67. The maximum atomic E-state index is 14.3. The van der Waals surface area contributed by atoms with E-state index in [9.17, 15) is 8.60 Å². The summed E-state index contributed by atoms with van der Waals surface area (Å²) in [4.78, 5) is 4.45. The Morgan fingerprint density at radius 3 is 2.42 bits per heavy atom. The Kier molecular flexibility index (Phi) is 5.13. The molecule has 0 aliphatic rings. The lowest BCUT2D eigenvalue weighted by atomic mass is 10.2. The van der Waals surface area contributed by atoms with Gasteiger partial charge in [0.05, 0.1) is 36.1 Å². The highest BCUT2D eigenvalue weighted by atomic mass is 32.2. The number of pyridine rings is 1. The number of methoxy groups -OCH3 is 2. The highest BCUT2D eigenvalue weighted by molar-refractivity contribution is 7.98. The van der Waals surface area contributed by atoms with Gasteiger partial charge in [-0.25, -0.2) is 8.60 Å². The van der Waals surface area contributed by atoms with E-state index in [0.717, 1.165) is 11.6 Å². The maximum absolute atomic E-state index is 14.3. The summed E-state index contributed by atoms with van der Waals surface area (Å²) in [5.41, 5.74) is 1.34. The van der Waals surface area contributed by atoms with Crippen LogP contribution < -0.4 is 14.2 Å². The molecule has 1 heterocycles. The zero-order valence-electron chi connectivity index (χ0n) is 14.0. The molecule has 1 aromatic heterocycles. The van der Waals surface area contributed by atoms with Gasteiger partial charge in [0.1, 0.15) is 5.75 Å². The van der Waals surface area contributed by atoms with Gasteiger partial charge in [0.25, 0.3) is 0 Å². The predicted octanol–water partition coefficient (Wildman–Crippen LogP) is 3.90. The van der Waals surface area contributed by atoms with Crippen LogP contribution in [0.4, 0.5) is 4.39 Å². The van der Waals surface area contributed by atoms with Crippen LogP contribution in [0.3, 0.4) is 0 Å². The lowest BCUT2D eigenvalue weighted by Crippen LogP contribution is -1.96. The fourth-order valence-electron chi connectivity index (χ4n) is 2.41. The van der Waals surface area contributed by atoms with E-state index in [0.29, 0.717) is 28.2 Å². The number of hydrogen-bond acceptors (Lipinski definition) is 6. The highest BCUT2D eigenvalue weighted by Crippen LogP contribution is 2.37. The number of fused-ring (bicyclic) bond motifs is 1. The van der Waals surface area contributed by atoms with Crippen molar-refractivity contribution in [3.05, 3.63) is 48.4 Å². The molecule has 0 saturated carbocycles. The van der Waals surface area contributed by atoms with Crippen molar-refractivity contribution in [2.75, 3.05) is 14.2 Å². The van der Waals surface area contributed by atoms with Gasteiger partial charge in [-0.15, -0.1) is 0 Å². The number of hydrogen-bond donors (Lipinski definition) is 1. The maximum Gasteiger partial charge on any atom is 0.166 e.